The van der Waals surface area contributed by atoms with Crippen LogP contribution in [-0.4, -0.2) is 23.2 Å². The summed E-state index contributed by atoms with van der Waals surface area (Å²) >= 11 is 3.45. The number of anilines is 1. The molecule has 3 heterocycles. The molecule has 1 unspecified atom stereocenters. The maximum Gasteiger partial charge on any atom is 0.262 e. The Morgan fingerprint density at radius 3 is 2.78 bits per heavy atom. The molecule has 1 aliphatic rings. The Balaban J connectivity index is 1.53. The predicted molar refractivity (Wildman–Crippen MR) is 106 cm³/mol. The van der Waals surface area contributed by atoms with Crippen LogP contribution in [0.1, 0.15) is 29.5 Å². The fourth-order valence-electron chi connectivity index (χ4n) is 3.11. The third-order valence-corrected chi connectivity index (χ3v) is 4.95. The number of carbonyl (C=O) groups is 1. The van der Waals surface area contributed by atoms with Gasteiger partial charge in [0.25, 0.3) is 5.91 Å². The summed E-state index contributed by atoms with van der Waals surface area (Å²) in [6.07, 6.45) is 3.75. The summed E-state index contributed by atoms with van der Waals surface area (Å²) in [5, 5.41) is 9.20. The molecule has 0 bridgehead atoms. The minimum absolute atomic E-state index is 0.134. The highest BCUT2D eigenvalue weighted by Crippen LogP contribution is 2.33. The number of nitrogens with zero attached hydrogens (tertiary/aromatic N) is 2. The Morgan fingerprint density at radius 2 is 2.07 bits per heavy atom. The lowest BCUT2D eigenvalue weighted by atomic mass is 10.1. The van der Waals surface area contributed by atoms with Crippen molar-refractivity contribution < 1.29 is 13.6 Å². The third-order valence-electron chi connectivity index (χ3n) is 4.46. The van der Waals surface area contributed by atoms with Crippen molar-refractivity contribution in [1.29, 1.82) is 0 Å². The molecule has 7 heteroatoms. The quantitative estimate of drug-likeness (QED) is 0.638. The van der Waals surface area contributed by atoms with Gasteiger partial charge in [-0.2, -0.15) is 5.10 Å². The standard InChI is InChI=1S/C20H18BrN3O3/c1-13-10-14(21)6-7-15(13)22-12-20(25)24-17(19-5-3-9-27-19)11-16(23-24)18-4-2-8-26-18/h2-10,17,22H,11-12H2,1H3. The fourth-order valence-corrected chi connectivity index (χ4v) is 3.59. The highest BCUT2D eigenvalue weighted by Gasteiger charge is 2.35. The van der Waals surface area contributed by atoms with Crippen molar-refractivity contribution in [3.63, 3.8) is 0 Å². The maximum absolute atomic E-state index is 12.9. The first-order valence-electron chi connectivity index (χ1n) is 8.58. The van der Waals surface area contributed by atoms with Crippen LogP contribution >= 0.6 is 15.9 Å². The molecule has 0 aliphatic carbocycles. The normalized spacial score (nSPS) is 16.4. The lowest BCUT2D eigenvalue weighted by Gasteiger charge is -2.20. The van der Waals surface area contributed by atoms with Crippen molar-refractivity contribution >= 4 is 33.2 Å². The molecule has 4 rings (SSSR count). The Morgan fingerprint density at radius 1 is 1.26 bits per heavy atom. The minimum Gasteiger partial charge on any atom is -0.467 e. The van der Waals surface area contributed by atoms with Crippen molar-refractivity contribution in [3.05, 3.63) is 76.5 Å². The number of carbonyl (C=O) groups excluding carboxylic acids is 1. The zero-order chi connectivity index (χ0) is 18.8. The van der Waals surface area contributed by atoms with E-state index >= 15 is 0 Å². The first-order valence-corrected chi connectivity index (χ1v) is 9.38. The summed E-state index contributed by atoms with van der Waals surface area (Å²) in [6, 6.07) is 12.9. The van der Waals surface area contributed by atoms with E-state index in [1.54, 1.807) is 12.5 Å². The molecule has 1 amide bonds. The summed E-state index contributed by atoms with van der Waals surface area (Å²) in [5.74, 6) is 1.23. The molecule has 0 fully saturated rings. The molecule has 3 aromatic rings. The lowest BCUT2D eigenvalue weighted by molar-refractivity contribution is -0.131. The van der Waals surface area contributed by atoms with Gasteiger partial charge in [0, 0.05) is 16.6 Å². The number of aryl methyl sites for hydroxylation is 1. The maximum atomic E-state index is 12.9. The van der Waals surface area contributed by atoms with Gasteiger partial charge in [-0.3, -0.25) is 4.79 Å². The second-order valence-corrected chi connectivity index (χ2v) is 7.23. The van der Waals surface area contributed by atoms with Gasteiger partial charge in [-0.05, 0) is 55.0 Å². The molecule has 1 aliphatic heterocycles. The highest BCUT2D eigenvalue weighted by molar-refractivity contribution is 9.10. The van der Waals surface area contributed by atoms with Crippen LogP contribution in [0, 0.1) is 6.92 Å². The highest BCUT2D eigenvalue weighted by atomic mass is 79.9. The third kappa shape index (κ3) is 3.68. The molecule has 0 radical (unpaired) electrons. The Kier molecular flexibility index (Phi) is 4.85. The molecular weight excluding hydrogens is 410 g/mol. The van der Waals surface area contributed by atoms with E-state index in [1.807, 2.05) is 49.4 Å². The fraction of sp³-hybridized carbons (Fsp3) is 0.200. The second kappa shape index (κ2) is 7.44. The number of hydrazone groups is 1. The van der Waals surface area contributed by atoms with Crippen LogP contribution in [0.5, 0.6) is 0 Å². The van der Waals surface area contributed by atoms with E-state index in [0.29, 0.717) is 17.9 Å². The van der Waals surface area contributed by atoms with Gasteiger partial charge >= 0.3 is 0 Å². The van der Waals surface area contributed by atoms with Crippen molar-refractivity contribution in [1.82, 2.24) is 5.01 Å². The Hall–Kier alpha value is -2.80. The van der Waals surface area contributed by atoms with Crippen LogP contribution < -0.4 is 5.32 Å². The zero-order valence-electron chi connectivity index (χ0n) is 14.7. The average molecular weight is 428 g/mol. The van der Waals surface area contributed by atoms with Gasteiger partial charge in [-0.15, -0.1) is 0 Å². The van der Waals surface area contributed by atoms with Gasteiger partial charge in [-0.1, -0.05) is 15.9 Å². The molecule has 0 saturated carbocycles. The molecule has 2 aromatic heterocycles. The summed E-state index contributed by atoms with van der Waals surface area (Å²) in [4.78, 5) is 12.9. The molecule has 6 nitrogen and oxygen atoms in total. The number of amides is 1. The Labute approximate surface area is 165 Å². The lowest BCUT2D eigenvalue weighted by Crippen LogP contribution is -2.32. The predicted octanol–water partition coefficient (Wildman–Crippen LogP) is 4.73. The molecular formula is C20H18BrN3O3. The minimum atomic E-state index is -0.277. The van der Waals surface area contributed by atoms with E-state index in [0.717, 1.165) is 21.4 Å². The second-order valence-electron chi connectivity index (χ2n) is 6.31. The van der Waals surface area contributed by atoms with E-state index in [1.165, 1.54) is 5.01 Å². The summed E-state index contributed by atoms with van der Waals surface area (Å²) in [5.41, 5.74) is 2.70. The number of benzene rings is 1. The van der Waals surface area contributed by atoms with Gasteiger partial charge in [0.05, 0.1) is 19.1 Å². The monoisotopic (exact) mass is 427 g/mol. The molecule has 1 atom stereocenters. The smallest absolute Gasteiger partial charge is 0.262 e. The molecule has 0 saturated heterocycles. The molecule has 1 N–H and O–H groups in total. The van der Waals surface area contributed by atoms with Crippen LogP contribution in [-0.2, 0) is 4.79 Å². The molecule has 27 heavy (non-hydrogen) atoms. The number of halogens is 1. The van der Waals surface area contributed by atoms with Crippen molar-refractivity contribution in [2.45, 2.75) is 19.4 Å². The first-order chi connectivity index (χ1) is 13.1. The topological polar surface area (TPSA) is 71.0 Å². The molecule has 1 aromatic carbocycles. The number of nitrogens with one attached hydrogen (secondary N) is 1. The summed E-state index contributed by atoms with van der Waals surface area (Å²) in [7, 11) is 0. The van der Waals surface area contributed by atoms with E-state index in [2.05, 4.69) is 26.3 Å². The van der Waals surface area contributed by atoms with Crippen LogP contribution in [0.15, 0.2) is 73.4 Å². The number of hydrogen-bond donors (Lipinski definition) is 1. The van der Waals surface area contributed by atoms with Crippen LogP contribution in [0.3, 0.4) is 0 Å². The molecule has 0 spiro atoms. The number of rotatable bonds is 5. The van der Waals surface area contributed by atoms with Crippen molar-refractivity contribution in [2.75, 3.05) is 11.9 Å². The van der Waals surface area contributed by atoms with E-state index in [9.17, 15) is 4.79 Å². The van der Waals surface area contributed by atoms with E-state index in [-0.39, 0.29) is 18.5 Å². The Bertz CT molecular complexity index is 965. The van der Waals surface area contributed by atoms with Gasteiger partial charge in [-0.25, -0.2) is 5.01 Å². The summed E-state index contributed by atoms with van der Waals surface area (Å²) < 4.78 is 12.0. The van der Waals surface area contributed by atoms with Crippen LogP contribution in [0.4, 0.5) is 5.69 Å². The molecule has 138 valence electrons. The van der Waals surface area contributed by atoms with Gasteiger partial charge in [0.1, 0.15) is 23.3 Å². The number of furan rings is 2. The first kappa shape index (κ1) is 17.6. The largest absolute Gasteiger partial charge is 0.467 e. The van der Waals surface area contributed by atoms with Crippen LogP contribution in [0.2, 0.25) is 0 Å². The van der Waals surface area contributed by atoms with E-state index < -0.39 is 0 Å². The zero-order valence-corrected chi connectivity index (χ0v) is 16.3. The van der Waals surface area contributed by atoms with Crippen molar-refractivity contribution in [3.8, 4) is 0 Å². The SMILES string of the molecule is Cc1cc(Br)ccc1NCC(=O)N1N=C(c2ccco2)CC1c1ccco1. The average Bonchev–Trinajstić information content (AvgIpc) is 3.40. The van der Waals surface area contributed by atoms with Gasteiger partial charge in [0.2, 0.25) is 0 Å². The van der Waals surface area contributed by atoms with Crippen LogP contribution in [0.25, 0.3) is 0 Å². The van der Waals surface area contributed by atoms with E-state index in [4.69, 9.17) is 8.83 Å². The van der Waals surface area contributed by atoms with Gasteiger partial charge < -0.3 is 14.2 Å². The van der Waals surface area contributed by atoms with Gasteiger partial charge in [0.15, 0.2) is 0 Å². The summed E-state index contributed by atoms with van der Waals surface area (Å²) in [6.45, 7) is 2.13. The van der Waals surface area contributed by atoms with Crippen molar-refractivity contribution in [2.24, 2.45) is 5.10 Å². The number of hydrogen-bond acceptors (Lipinski definition) is 5.